The highest BCUT2D eigenvalue weighted by Crippen LogP contribution is 2.21. The predicted octanol–water partition coefficient (Wildman–Crippen LogP) is 3.09. The molecule has 156 valence electrons. The van der Waals surface area contributed by atoms with E-state index in [9.17, 15) is 18.0 Å². The van der Waals surface area contributed by atoms with Crippen molar-refractivity contribution in [1.29, 1.82) is 0 Å². The Balaban J connectivity index is 1.45. The molecule has 0 saturated carbocycles. The number of carbonyl (C=O) groups is 1. The molecule has 0 unspecified atom stereocenters. The van der Waals surface area contributed by atoms with Gasteiger partial charge in [0.2, 0.25) is 5.91 Å². The first-order chi connectivity index (χ1) is 13.9. The van der Waals surface area contributed by atoms with Crippen LogP contribution in [0, 0.1) is 5.92 Å². The molecule has 0 bridgehead atoms. The first-order valence-corrected chi connectivity index (χ1v) is 9.42. The van der Waals surface area contributed by atoms with Gasteiger partial charge in [-0.15, -0.1) is 0 Å². The molecule has 1 N–H and O–H groups in total. The predicted molar refractivity (Wildman–Crippen MR) is 101 cm³/mol. The molecule has 2 aromatic rings. The molecule has 0 radical (unpaired) electrons. The molecule has 1 aliphatic rings. The van der Waals surface area contributed by atoms with Gasteiger partial charge in [-0.2, -0.15) is 13.2 Å². The van der Waals surface area contributed by atoms with Crippen molar-refractivity contribution in [2.45, 2.75) is 32.2 Å². The molecule has 1 saturated heterocycles. The summed E-state index contributed by atoms with van der Waals surface area (Å²) in [4.78, 5) is 23.0. The summed E-state index contributed by atoms with van der Waals surface area (Å²) in [6, 6.07) is 6.96. The number of amides is 1. The average molecular weight is 408 g/mol. The summed E-state index contributed by atoms with van der Waals surface area (Å²) in [5.74, 6) is 0.630. The van der Waals surface area contributed by atoms with Crippen LogP contribution in [-0.2, 0) is 22.7 Å². The number of aromatic nitrogens is 2. The standard InChI is InChI=1S/C20H23F3N4O2/c21-20(22,23)14-29-13-16-5-3-15(4-6-16)10-26-19(28)17-2-1-9-27(12-17)18-11-24-7-8-25-18/h3-8,11,17H,1-2,9-10,12-14H2,(H,26,28)/t17-/m0/s1. The molecule has 2 heterocycles. The number of rotatable bonds is 7. The van der Waals surface area contributed by atoms with Gasteiger partial charge in [-0.3, -0.25) is 9.78 Å². The van der Waals surface area contributed by atoms with Gasteiger partial charge >= 0.3 is 6.18 Å². The highest BCUT2D eigenvalue weighted by atomic mass is 19.4. The fraction of sp³-hybridized carbons (Fsp3) is 0.450. The van der Waals surface area contributed by atoms with Gasteiger partial charge in [-0.05, 0) is 24.0 Å². The summed E-state index contributed by atoms with van der Waals surface area (Å²) in [6.45, 7) is 0.439. The summed E-state index contributed by atoms with van der Waals surface area (Å²) < 4.78 is 40.9. The van der Waals surface area contributed by atoms with Crippen LogP contribution in [0.15, 0.2) is 42.9 Å². The number of nitrogens with zero attached hydrogens (tertiary/aromatic N) is 3. The van der Waals surface area contributed by atoms with Crippen molar-refractivity contribution < 1.29 is 22.7 Å². The van der Waals surface area contributed by atoms with Gasteiger partial charge in [0.15, 0.2) is 0 Å². The second kappa shape index (κ2) is 9.69. The molecule has 29 heavy (non-hydrogen) atoms. The lowest BCUT2D eigenvalue weighted by atomic mass is 9.97. The minimum absolute atomic E-state index is 0.0174. The smallest absolute Gasteiger partial charge is 0.367 e. The molecule has 1 aromatic heterocycles. The van der Waals surface area contributed by atoms with Gasteiger partial charge in [0.1, 0.15) is 12.4 Å². The van der Waals surface area contributed by atoms with Gasteiger partial charge in [0.05, 0.1) is 18.7 Å². The lowest BCUT2D eigenvalue weighted by Gasteiger charge is -2.32. The molecular formula is C20H23F3N4O2. The summed E-state index contributed by atoms with van der Waals surface area (Å²) in [6.07, 6.45) is 2.34. The van der Waals surface area contributed by atoms with Crippen molar-refractivity contribution in [3.05, 3.63) is 54.0 Å². The van der Waals surface area contributed by atoms with E-state index in [4.69, 9.17) is 0 Å². The van der Waals surface area contributed by atoms with Gasteiger partial charge in [-0.25, -0.2) is 4.98 Å². The maximum Gasteiger partial charge on any atom is 0.411 e. The summed E-state index contributed by atoms with van der Waals surface area (Å²) >= 11 is 0. The van der Waals surface area contributed by atoms with Crippen molar-refractivity contribution in [2.75, 3.05) is 24.6 Å². The maximum absolute atomic E-state index is 12.6. The SMILES string of the molecule is O=C(NCc1ccc(COCC(F)(F)F)cc1)[C@H]1CCCN(c2cnccn2)C1. The number of hydrogen-bond donors (Lipinski definition) is 1. The number of halogens is 3. The fourth-order valence-corrected chi connectivity index (χ4v) is 3.23. The molecule has 0 spiro atoms. The average Bonchev–Trinajstić information content (AvgIpc) is 2.73. The zero-order valence-corrected chi connectivity index (χ0v) is 15.9. The molecule has 1 aromatic carbocycles. The molecule has 1 atom stereocenters. The largest absolute Gasteiger partial charge is 0.411 e. The van der Waals surface area contributed by atoms with E-state index in [0.29, 0.717) is 18.7 Å². The van der Waals surface area contributed by atoms with Crippen molar-refractivity contribution >= 4 is 11.7 Å². The van der Waals surface area contributed by atoms with E-state index in [-0.39, 0.29) is 18.4 Å². The second-order valence-corrected chi connectivity index (χ2v) is 6.99. The van der Waals surface area contributed by atoms with E-state index in [0.717, 1.165) is 30.8 Å². The van der Waals surface area contributed by atoms with E-state index >= 15 is 0 Å². The lowest BCUT2D eigenvalue weighted by molar-refractivity contribution is -0.176. The number of nitrogens with one attached hydrogen (secondary N) is 1. The van der Waals surface area contributed by atoms with Crippen LogP contribution in [0.2, 0.25) is 0 Å². The molecule has 1 amide bonds. The Kier molecular flexibility index (Phi) is 7.03. The van der Waals surface area contributed by atoms with E-state index < -0.39 is 12.8 Å². The van der Waals surface area contributed by atoms with Crippen molar-refractivity contribution in [3.8, 4) is 0 Å². The summed E-state index contributed by atoms with van der Waals surface area (Å²) in [5, 5.41) is 2.94. The van der Waals surface area contributed by atoms with Crippen LogP contribution < -0.4 is 10.2 Å². The normalized spacial score (nSPS) is 17.2. The van der Waals surface area contributed by atoms with Crippen LogP contribution in [0.1, 0.15) is 24.0 Å². The Bertz CT molecular complexity index is 785. The number of carbonyl (C=O) groups excluding carboxylic acids is 1. The lowest BCUT2D eigenvalue weighted by Crippen LogP contribution is -2.43. The zero-order chi connectivity index (χ0) is 20.7. The van der Waals surface area contributed by atoms with Crippen molar-refractivity contribution in [3.63, 3.8) is 0 Å². The molecule has 1 fully saturated rings. The molecule has 1 aliphatic heterocycles. The Morgan fingerprint density at radius 3 is 2.66 bits per heavy atom. The molecular weight excluding hydrogens is 385 g/mol. The second-order valence-electron chi connectivity index (χ2n) is 6.99. The third-order valence-corrected chi connectivity index (χ3v) is 4.69. The van der Waals surface area contributed by atoms with Gasteiger partial charge in [0, 0.05) is 32.0 Å². The first-order valence-electron chi connectivity index (χ1n) is 9.42. The number of benzene rings is 1. The van der Waals surface area contributed by atoms with Gasteiger partial charge in [0.25, 0.3) is 0 Å². The van der Waals surface area contributed by atoms with Crippen LogP contribution in [0.5, 0.6) is 0 Å². The summed E-state index contributed by atoms with van der Waals surface area (Å²) in [7, 11) is 0. The molecule has 3 rings (SSSR count). The quantitative estimate of drug-likeness (QED) is 0.763. The van der Waals surface area contributed by atoms with Gasteiger partial charge in [-0.1, -0.05) is 24.3 Å². The van der Waals surface area contributed by atoms with Crippen LogP contribution in [0.25, 0.3) is 0 Å². The van der Waals surface area contributed by atoms with E-state index in [1.165, 1.54) is 0 Å². The Hall–Kier alpha value is -2.68. The number of alkyl halides is 3. The Labute approximate surface area is 167 Å². The Morgan fingerprint density at radius 2 is 1.97 bits per heavy atom. The maximum atomic E-state index is 12.6. The fourth-order valence-electron chi connectivity index (χ4n) is 3.23. The molecule has 9 heteroatoms. The Morgan fingerprint density at radius 1 is 1.21 bits per heavy atom. The number of piperidine rings is 1. The molecule has 0 aliphatic carbocycles. The number of ether oxygens (including phenoxy) is 1. The molecule has 6 nitrogen and oxygen atoms in total. The van der Waals surface area contributed by atoms with Gasteiger partial charge < -0.3 is 15.0 Å². The van der Waals surface area contributed by atoms with Crippen LogP contribution in [-0.4, -0.2) is 41.7 Å². The first kappa shape index (κ1) is 21.0. The highest BCUT2D eigenvalue weighted by Gasteiger charge is 2.27. The van der Waals surface area contributed by atoms with E-state index in [1.807, 2.05) is 0 Å². The third-order valence-electron chi connectivity index (χ3n) is 4.69. The zero-order valence-electron chi connectivity index (χ0n) is 15.9. The van der Waals surface area contributed by atoms with Crippen LogP contribution in [0.3, 0.4) is 0 Å². The monoisotopic (exact) mass is 408 g/mol. The van der Waals surface area contributed by atoms with Crippen molar-refractivity contribution in [2.24, 2.45) is 5.92 Å². The number of hydrogen-bond acceptors (Lipinski definition) is 5. The van der Waals surface area contributed by atoms with Crippen molar-refractivity contribution in [1.82, 2.24) is 15.3 Å². The topological polar surface area (TPSA) is 67.3 Å². The minimum Gasteiger partial charge on any atom is -0.367 e. The van der Waals surface area contributed by atoms with Crippen LogP contribution >= 0.6 is 0 Å². The summed E-state index contributed by atoms with van der Waals surface area (Å²) in [5.41, 5.74) is 1.52. The highest BCUT2D eigenvalue weighted by molar-refractivity contribution is 5.79. The third kappa shape index (κ3) is 6.70. The minimum atomic E-state index is -4.33. The van der Waals surface area contributed by atoms with E-state index in [1.54, 1.807) is 42.9 Å². The number of anilines is 1. The van der Waals surface area contributed by atoms with E-state index in [2.05, 4.69) is 24.9 Å². The van der Waals surface area contributed by atoms with Crippen LogP contribution in [0.4, 0.5) is 19.0 Å².